The summed E-state index contributed by atoms with van der Waals surface area (Å²) in [4.78, 5) is 10.9. The Morgan fingerprint density at radius 2 is 2.19 bits per heavy atom. The summed E-state index contributed by atoms with van der Waals surface area (Å²) in [5.74, 6) is 0.562. The van der Waals surface area contributed by atoms with E-state index in [2.05, 4.69) is 15.5 Å². The maximum atomic E-state index is 11.0. The Labute approximate surface area is 125 Å². The zero-order valence-electron chi connectivity index (χ0n) is 11.1. The number of benzene rings is 1. The molecule has 1 aromatic carbocycles. The number of fused-ring (bicyclic) bond motifs is 2. The molecule has 0 saturated heterocycles. The molecule has 4 rings (SSSR count). The molecule has 0 bridgehead atoms. The lowest BCUT2D eigenvalue weighted by Gasteiger charge is -2.27. The molecule has 0 spiro atoms. The minimum absolute atomic E-state index is 0.0989. The number of nitrogens with two attached hydrogens (primary N) is 1. The first kappa shape index (κ1) is 12.9. The molecule has 0 radical (unpaired) electrons. The average Bonchev–Trinajstić information content (AvgIpc) is 2.83. The van der Waals surface area contributed by atoms with Gasteiger partial charge in [-0.2, -0.15) is 5.10 Å². The van der Waals surface area contributed by atoms with Crippen LogP contribution in [0.15, 0.2) is 18.3 Å². The Morgan fingerprint density at radius 3 is 2.86 bits per heavy atom. The van der Waals surface area contributed by atoms with Gasteiger partial charge in [-0.1, -0.05) is 11.6 Å². The van der Waals surface area contributed by atoms with E-state index in [-0.39, 0.29) is 17.9 Å². The summed E-state index contributed by atoms with van der Waals surface area (Å²) < 4.78 is 0. The monoisotopic (exact) mass is 306 g/mol. The Bertz CT molecular complexity index is 732. The minimum Gasteiger partial charge on any atom is -0.385 e. The molecule has 1 heterocycles. The molecule has 110 valence electrons. The number of hydrogen-bond donors (Lipinski definition) is 4. The van der Waals surface area contributed by atoms with Crippen LogP contribution in [0.5, 0.6) is 0 Å². The van der Waals surface area contributed by atoms with Crippen LogP contribution in [0.25, 0.3) is 10.9 Å². The quantitative estimate of drug-likeness (QED) is 0.675. The van der Waals surface area contributed by atoms with Crippen LogP contribution in [-0.2, 0) is 5.60 Å². The summed E-state index contributed by atoms with van der Waals surface area (Å²) >= 11 is 6.13. The van der Waals surface area contributed by atoms with E-state index in [0.717, 1.165) is 16.5 Å². The number of rotatable bonds is 2. The summed E-state index contributed by atoms with van der Waals surface area (Å²) in [6.45, 7) is 0. The van der Waals surface area contributed by atoms with E-state index in [0.29, 0.717) is 17.9 Å². The van der Waals surface area contributed by atoms with Crippen molar-refractivity contribution in [1.29, 1.82) is 0 Å². The largest absolute Gasteiger partial charge is 0.385 e. The third kappa shape index (κ3) is 1.90. The van der Waals surface area contributed by atoms with E-state index in [1.165, 1.54) is 0 Å². The number of nitrogens with zero attached hydrogens (tertiary/aromatic N) is 1. The van der Waals surface area contributed by atoms with Gasteiger partial charge in [0.1, 0.15) is 0 Å². The van der Waals surface area contributed by atoms with Crippen molar-refractivity contribution < 1.29 is 9.90 Å². The fraction of sp³-hybridized carbons (Fsp3) is 0.429. The highest BCUT2D eigenvalue weighted by Crippen LogP contribution is 2.60. The fourth-order valence-corrected chi connectivity index (χ4v) is 4.08. The van der Waals surface area contributed by atoms with Gasteiger partial charge in [-0.15, -0.1) is 0 Å². The van der Waals surface area contributed by atoms with Gasteiger partial charge in [0.25, 0.3) is 0 Å². The minimum atomic E-state index is -0.918. The molecule has 5 N–H and O–H groups in total. The van der Waals surface area contributed by atoms with Crippen molar-refractivity contribution in [3.05, 3.63) is 28.9 Å². The van der Waals surface area contributed by atoms with Gasteiger partial charge in [-0.05, 0) is 42.4 Å². The predicted molar refractivity (Wildman–Crippen MR) is 77.7 cm³/mol. The summed E-state index contributed by atoms with van der Waals surface area (Å²) in [6.07, 6.45) is 2.91. The molecule has 6 nitrogen and oxygen atoms in total. The second-order valence-electron chi connectivity index (χ2n) is 6.09. The molecular formula is C14H15ClN4O2. The first-order valence-electron chi connectivity index (χ1n) is 6.89. The Kier molecular flexibility index (Phi) is 2.53. The van der Waals surface area contributed by atoms with Crippen molar-refractivity contribution >= 4 is 28.5 Å². The van der Waals surface area contributed by atoms with Gasteiger partial charge in [-0.3, -0.25) is 5.10 Å². The van der Waals surface area contributed by atoms with Crippen molar-refractivity contribution in [3.63, 3.8) is 0 Å². The number of carbonyl (C=O) groups excluding carboxylic acids is 1. The number of urea groups is 1. The maximum Gasteiger partial charge on any atom is 0.312 e. The highest BCUT2D eigenvalue weighted by atomic mass is 35.5. The van der Waals surface area contributed by atoms with Crippen LogP contribution < -0.4 is 11.1 Å². The molecule has 4 atom stereocenters. The van der Waals surface area contributed by atoms with Crippen molar-refractivity contribution in [3.8, 4) is 0 Å². The molecule has 3 unspecified atom stereocenters. The first-order chi connectivity index (χ1) is 9.98. The molecule has 7 heteroatoms. The number of aliphatic hydroxyl groups is 1. The van der Waals surface area contributed by atoms with E-state index >= 15 is 0 Å². The van der Waals surface area contributed by atoms with Crippen LogP contribution in [0.4, 0.5) is 4.79 Å². The third-order valence-electron chi connectivity index (χ3n) is 4.81. The van der Waals surface area contributed by atoms with Crippen LogP contribution >= 0.6 is 11.6 Å². The lowest BCUT2D eigenvalue weighted by molar-refractivity contribution is 0.0299. The highest BCUT2D eigenvalue weighted by molar-refractivity contribution is 6.31. The lowest BCUT2D eigenvalue weighted by atomic mass is 9.86. The number of aromatic amines is 1. The number of amides is 2. The molecule has 2 aliphatic rings. The van der Waals surface area contributed by atoms with Crippen LogP contribution in [-0.4, -0.2) is 27.4 Å². The van der Waals surface area contributed by atoms with Crippen molar-refractivity contribution in [1.82, 2.24) is 15.5 Å². The van der Waals surface area contributed by atoms with Crippen LogP contribution in [0.3, 0.4) is 0 Å². The topological polar surface area (TPSA) is 104 Å². The van der Waals surface area contributed by atoms with Crippen molar-refractivity contribution in [2.45, 2.75) is 24.5 Å². The predicted octanol–water partition coefficient (Wildman–Crippen LogP) is 1.48. The van der Waals surface area contributed by atoms with E-state index in [4.69, 9.17) is 17.3 Å². The zero-order valence-corrected chi connectivity index (χ0v) is 11.9. The summed E-state index contributed by atoms with van der Waals surface area (Å²) in [5, 5.41) is 22.1. The van der Waals surface area contributed by atoms with E-state index in [9.17, 15) is 9.90 Å². The molecule has 2 fully saturated rings. The third-order valence-corrected chi connectivity index (χ3v) is 5.03. The van der Waals surface area contributed by atoms with Gasteiger partial charge >= 0.3 is 6.03 Å². The smallest absolute Gasteiger partial charge is 0.312 e. The van der Waals surface area contributed by atoms with E-state index in [1.54, 1.807) is 18.3 Å². The Morgan fingerprint density at radius 1 is 1.48 bits per heavy atom. The lowest BCUT2D eigenvalue weighted by Crippen LogP contribution is -2.36. The Balaban J connectivity index is 1.65. The van der Waals surface area contributed by atoms with Crippen LogP contribution in [0.2, 0.25) is 5.02 Å². The molecule has 21 heavy (non-hydrogen) atoms. The normalized spacial score (nSPS) is 33.9. The van der Waals surface area contributed by atoms with Gasteiger partial charge in [0, 0.05) is 16.5 Å². The molecule has 2 aliphatic carbocycles. The van der Waals surface area contributed by atoms with Gasteiger partial charge in [-0.25, -0.2) is 4.79 Å². The first-order valence-corrected chi connectivity index (χ1v) is 7.27. The number of halogens is 1. The number of H-pyrrole nitrogens is 1. The number of nitrogens with one attached hydrogen (secondary N) is 2. The van der Waals surface area contributed by atoms with Crippen LogP contribution in [0.1, 0.15) is 18.4 Å². The molecule has 2 saturated carbocycles. The van der Waals surface area contributed by atoms with Crippen molar-refractivity contribution in [2.75, 3.05) is 0 Å². The van der Waals surface area contributed by atoms with Crippen LogP contribution in [0, 0.1) is 11.8 Å². The molecule has 1 aromatic heterocycles. The van der Waals surface area contributed by atoms with E-state index < -0.39 is 11.6 Å². The summed E-state index contributed by atoms with van der Waals surface area (Å²) in [6, 6.07) is 3.20. The zero-order chi connectivity index (χ0) is 14.8. The second kappa shape index (κ2) is 4.11. The maximum absolute atomic E-state index is 11.0. The fourth-order valence-electron chi connectivity index (χ4n) is 3.86. The molecule has 0 aliphatic heterocycles. The van der Waals surface area contributed by atoms with Crippen molar-refractivity contribution in [2.24, 2.45) is 17.6 Å². The summed E-state index contributed by atoms with van der Waals surface area (Å²) in [7, 11) is 0. The second-order valence-corrected chi connectivity index (χ2v) is 6.52. The highest BCUT2D eigenvalue weighted by Gasteiger charge is 2.62. The number of aromatic nitrogens is 2. The number of primary amides is 1. The van der Waals surface area contributed by atoms with Gasteiger partial charge < -0.3 is 16.2 Å². The summed E-state index contributed by atoms with van der Waals surface area (Å²) in [5.41, 5.74) is 5.86. The SMILES string of the molecule is NC(=O)NC1C2CC(O)(c3cc(Cl)cc4[nH]ncc34)C[C@H]21. The molecule has 2 aromatic rings. The average molecular weight is 307 g/mol. The van der Waals surface area contributed by atoms with Gasteiger partial charge in [0.2, 0.25) is 0 Å². The molecule has 2 amide bonds. The van der Waals surface area contributed by atoms with Gasteiger partial charge in [0.05, 0.1) is 17.3 Å². The van der Waals surface area contributed by atoms with E-state index in [1.807, 2.05) is 0 Å². The standard InChI is InChI=1S/C14H15ClN4O2/c15-6-1-10(9-5-17-19-11(9)2-6)14(21)3-7-8(4-14)12(7)18-13(16)20/h1-2,5,7-8,12,21H,3-4H2,(H,17,19)(H3,16,18,20)/t7-,8?,12?,14?/m1/s1. The molecular weight excluding hydrogens is 292 g/mol. The van der Waals surface area contributed by atoms with Gasteiger partial charge in [0.15, 0.2) is 0 Å². The number of carbonyl (C=O) groups is 1. The number of hydrogen-bond acceptors (Lipinski definition) is 3. The Hall–Kier alpha value is -1.79.